The first-order chi connectivity index (χ1) is 9.72. The van der Waals surface area contributed by atoms with E-state index in [2.05, 4.69) is 11.9 Å². The van der Waals surface area contributed by atoms with E-state index in [1.54, 1.807) is 18.3 Å². The molecule has 110 valence electrons. The van der Waals surface area contributed by atoms with Crippen LogP contribution in [-0.2, 0) is 9.47 Å². The number of pyridine rings is 1. The van der Waals surface area contributed by atoms with Gasteiger partial charge in [0.1, 0.15) is 0 Å². The molecule has 0 aliphatic heterocycles. The number of rotatable bonds is 8. The summed E-state index contributed by atoms with van der Waals surface area (Å²) in [6.07, 6.45) is 6.77. The van der Waals surface area contributed by atoms with Gasteiger partial charge in [0, 0.05) is 17.8 Å². The van der Waals surface area contributed by atoms with E-state index in [1.807, 2.05) is 6.92 Å². The molecule has 0 spiro atoms. The Kier molecular flexibility index (Phi) is 7.17. The molecular weight excluding hydrogens is 258 g/mol. The number of carbonyl (C=O) groups is 1. The molecule has 0 unspecified atom stereocenters. The van der Waals surface area contributed by atoms with Crippen LogP contribution in [0.2, 0.25) is 0 Å². The second-order valence-corrected chi connectivity index (χ2v) is 4.06. The van der Waals surface area contributed by atoms with Gasteiger partial charge in [-0.15, -0.1) is 0 Å². The molecule has 0 amide bonds. The molecule has 0 bridgehead atoms. The molecule has 0 saturated carbocycles. The fourth-order valence-electron chi connectivity index (χ4n) is 1.48. The zero-order chi connectivity index (χ0) is 14.8. The average molecular weight is 279 g/mol. The van der Waals surface area contributed by atoms with Gasteiger partial charge in [0.15, 0.2) is 0 Å². The molecule has 0 aliphatic carbocycles. The van der Waals surface area contributed by atoms with Gasteiger partial charge < -0.3 is 14.2 Å². The summed E-state index contributed by atoms with van der Waals surface area (Å²) >= 11 is 0. The third-order valence-electron chi connectivity index (χ3n) is 2.57. The Labute approximate surface area is 119 Å². The van der Waals surface area contributed by atoms with Crippen molar-refractivity contribution in [1.29, 1.82) is 0 Å². The largest absolute Gasteiger partial charge is 0.501 e. The number of methoxy groups -OCH3 is 1. The Morgan fingerprint density at radius 1 is 1.40 bits per heavy atom. The molecule has 1 aromatic heterocycles. The number of hydrogen-bond donors (Lipinski definition) is 0. The lowest BCUT2D eigenvalue weighted by Crippen LogP contribution is -2.06. The lowest BCUT2D eigenvalue weighted by molar-refractivity contribution is 0.0599. The van der Waals surface area contributed by atoms with Crippen molar-refractivity contribution in [3.63, 3.8) is 0 Å². The maximum atomic E-state index is 11.8. The van der Waals surface area contributed by atoms with Gasteiger partial charge in [-0.3, -0.25) is 0 Å². The summed E-state index contributed by atoms with van der Waals surface area (Å²) in [6.45, 7) is 5.11. The van der Waals surface area contributed by atoms with Gasteiger partial charge in [0.05, 0.1) is 32.1 Å². The van der Waals surface area contributed by atoms with Crippen LogP contribution >= 0.6 is 0 Å². The van der Waals surface area contributed by atoms with E-state index >= 15 is 0 Å². The van der Waals surface area contributed by atoms with E-state index in [9.17, 15) is 4.79 Å². The van der Waals surface area contributed by atoms with Gasteiger partial charge >= 0.3 is 5.97 Å². The van der Waals surface area contributed by atoms with Gasteiger partial charge in [0.25, 0.3) is 0 Å². The van der Waals surface area contributed by atoms with Crippen molar-refractivity contribution >= 4 is 12.0 Å². The normalized spacial score (nSPS) is 10.6. The van der Waals surface area contributed by atoms with Crippen LogP contribution in [0.4, 0.5) is 0 Å². The molecule has 20 heavy (non-hydrogen) atoms. The lowest BCUT2D eigenvalue weighted by Gasteiger charge is -2.08. The van der Waals surface area contributed by atoms with Crippen molar-refractivity contribution in [1.82, 2.24) is 4.98 Å². The molecule has 0 radical (unpaired) electrons. The van der Waals surface area contributed by atoms with Crippen molar-refractivity contribution in [3.05, 3.63) is 29.7 Å². The van der Waals surface area contributed by atoms with Crippen LogP contribution in [0, 0.1) is 0 Å². The number of hydrogen-bond acceptors (Lipinski definition) is 5. The maximum Gasteiger partial charge on any atom is 0.338 e. The molecule has 0 fully saturated rings. The zero-order valence-corrected chi connectivity index (χ0v) is 12.2. The fourth-order valence-corrected chi connectivity index (χ4v) is 1.48. The Balaban J connectivity index is 2.91. The van der Waals surface area contributed by atoms with Crippen LogP contribution in [0.5, 0.6) is 5.88 Å². The molecule has 0 N–H and O–H groups in total. The molecule has 1 aromatic rings. The van der Waals surface area contributed by atoms with Crippen molar-refractivity contribution < 1.29 is 19.0 Å². The van der Waals surface area contributed by atoms with E-state index in [1.165, 1.54) is 13.4 Å². The van der Waals surface area contributed by atoms with Crippen molar-refractivity contribution in [2.75, 3.05) is 20.3 Å². The second-order valence-electron chi connectivity index (χ2n) is 4.06. The third kappa shape index (κ3) is 4.91. The number of nitrogens with zero attached hydrogens (tertiary/aromatic N) is 1. The molecule has 0 saturated heterocycles. The minimum absolute atomic E-state index is 0.407. The SMILES string of the molecule is CCCCOc1cc(C(=O)OC)c(/C=C/OCC)cn1. The number of ether oxygens (including phenoxy) is 3. The minimum atomic E-state index is -0.427. The Morgan fingerprint density at radius 3 is 2.85 bits per heavy atom. The molecule has 0 aliphatic rings. The van der Waals surface area contributed by atoms with E-state index in [-0.39, 0.29) is 0 Å². The van der Waals surface area contributed by atoms with Crippen LogP contribution in [0.3, 0.4) is 0 Å². The van der Waals surface area contributed by atoms with Gasteiger partial charge in [-0.25, -0.2) is 9.78 Å². The van der Waals surface area contributed by atoms with E-state index in [0.717, 1.165) is 12.8 Å². The Hall–Kier alpha value is -2.04. The second kappa shape index (κ2) is 8.96. The summed E-state index contributed by atoms with van der Waals surface area (Å²) < 4.78 is 15.4. The van der Waals surface area contributed by atoms with Crippen LogP contribution in [0.15, 0.2) is 18.5 Å². The molecule has 5 heteroatoms. The van der Waals surface area contributed by atoms with E-state index in [0.29, 0.717) is 30.2 Å². The number of unbranched alkanes of at least 4 members (excludes halogenated alkanes) is 1. The van der Waals surface area contributed by atoms with Gasteiger partial charge in [-0.2, -0.15) is 0 Å². The Bertz CT molecular complexity index is 457. The number of esters is 1. The highest BCUT2D eigenvalue weighted by Crippen LogP contribution is 2.17. The predicted molar refractivity (Wildman–Crippen MR) is 76.6 cm³/mol. The maximum absolute atomic E-state index is 11.8. The van der Waals surface area contributed by atoms with Crippen LogP contribution < -0.4 is 4.74 Å². The first kappa shape index (κ1) is 16.0. The zero-order valence-electron chi connectivity index (χ0n) is 12.2. The summed E-state index contributed by atoms with van der Waals surface area (Å²) in [7, 11) is 1.34. The standard InChI is InChI=1S/C15H21NO4/c1-4-6-8-20-14-10-13(15(17)18-3)12(11-16-14)7-9-19-5-2/h7,9-11H,4-6,8H2,1-3H3/b9-7+. The molecule has 1 heterocycles. The predicted octanol–water partition coefficient (Wildman–Crippen LogP) is 3.05. The van der Waals surface area contributed by atoms with E-state index in [4.69, 9.17) is 14.2 Å². The summed E-state index contributed by atoms with van der Waals surface area (Å²) in [5, 5.41) is 0. The highest BCUT2D eigenvalue weighted by molar-refractivity contribution is 5.93. The quantitative estimate of drug-likeness (QED) is 0.416. The molecule has 0 atom stereocenters. The monoisotopic (exact) mass is 279 g/mol. The smallest absolute Gasteiger partial charge is 0.338 e. The van der Waals surface area contributed by atoms with E-state index < -0.39 is 5.97 Å². The van der Waals surface area contributed by atoms with Gasteiger partial charge in [0.2, 0.25) is 5.88 Å². The molecule has 0 aromatic carbocycles. The van der Waals surface area contributed by atoms with Gasteiger partial charge in [-0.05, 0) is 19.4 Å². The fraction of sp³-hybridized carbons (Fsp3) is 0.467. The van der Waals surface area contributed by atoms with Crippen LogP contribution in [0.1, 0.15) is 42.6 Å². The first-order valence-electron chi connectivity index (χ1n) is 6.72. The highest BCUT2D eigenvalue weighted by atomic mass is 16.5. The minimum Gasteiger partial charge on any atom is -0.501 e. The summed E-state index contributed by atoms with van der Waals surface area (Å²) in [5.41, 5.74) is 1.04. The number of aromatic nitrogens is 1. The van der Waals surface area contributed by atoms with Crippen molar-refractivity contribution in [3.8, 4) is 5.88 Å². The summed E-state index contributed by atoms with van der Waals surface area (Å²) in [5.74, 6) is -0.00343. The molecular formula is C15H21NO4. The van der Waals surface area contributed by atoms with Gasteiger partial charge in [-0.1, -0.05) is 13.3 Å². The summed E-state index contributed by atoms with van der Waals surface area (Å²) in [6, 6.07) is 1.59. The average Bonchev–Trinajstić information content (AvgIpc) is 2.48. The summed E-state index contributed by atoms with van der Waals surface area (Å²) in [4.78, 5) is 15.9. The number of carbonyl (C=O) groups excluding carboxylic acids is 1. The molecule has 5 nitrogen and oxygen atoms in total. The lowest BCUT2D eigenvalue weighted by atomic mass is 10.1. The highest BCUT2D eigenvalue weighted by Gasteiger charge is 2.12. The van der Waals surface area contributed by atoms with Crippen molar-refractivity contribution in [2.45, 2.75) is 26.7 Å². The topological polar surface area (TPSA) is 57.7 Å². The first-order valence-corrected chi connectivity index (χ1v) is 6.72. The third-order valence-corrected chi connectivity index (χ3v) is 2.57. The van der Waals surface area contributed by atoms with Crippen molar-refractivity contribution in [2.24, 2.45) is 0 Å². The Morgan fingerprint density at radius 2 is 2.20 bits per heavy atom. The van der Waals surface area contributed by atoms with Crippen LogP contribution in [0.25, 0.3) is 6.08 Å². The van der Waals surface area contributed by atoms with Crippen LogP contribution in [-0.4, -0.2) is 31.3 Å². The molecule has 1 rings (SSSR count).